The maximum absolute atomic E-state index is 5.85. The molecule has 4 heteroatoms. The zero-order valence-electron chi connectivity index (χ0n) is 7.30. The number of hydrogen-bond donors (Lipinski definition) is 1. The fraction of sp³-hybridized carbons (Fsp3) is 0.556. The molecule has 2 atom stereocenters. The van der Waals surface area contributed by atoms with Gasteiger partial charge in [-0.05, 0) is 17.9 Å². The standard InChI is InChI=1S/C9H12N4/c10-9-6-3-13(4-7(6)9)8-1-2-11-5-12-8/h1-2,5-7,9H,3-4,10H2. The number of fused-ring (bicyclic) bond motifs is 1. The van der Waals surface area contributed by atoms with Crippen LogP contribution in [0.2, 0.25) is 0 Å². The van der Waals surface area contributed by atoms with Gasteiger partial charge in [-0.3, -0.25) is 0 Å². The van der Waals surface area contributed by atoms with Crippen LogP contribution in [0.5, 0.6) is 0 Å². The molecule has 2 unspecified atom stereocenters. The Balaban J connectivity index is 1.76. The Labute approximate surface area is 76.8 Å². The molecule has 0 aromatic carbocycles. The number of hydrogen-bond acceptors (Lipinski definition) is 4. The van der Waals surface area contributed by atoms with Crippen molar-refractivity contribution in [1.82, 2.24) is 9.97 Å². The summed E-state index contributed by atoms with van der Waals surface area (Å²) in [5.41, 5.74) is 5.85. The molecule has 2 fully saturated rings. The average molecular weight is 176 g/mol. The number of nitrogens with zero attached hydrogens (tertiary/aromatic N) is 3. The zero-order valence-corrected chi connectivity index (χ0v) is 7.30. The van der Waals surface area contributed by atoms with Crippen molar-refractivity contribution in [3.8, 4) is 0 Å². The van der Waals surface area contributed by atoms with Crippen molar-refractivity contribution in [2.45, 2.75) is 6.04 Å². The minimum Gasteiger partial charge on any atom is -0.356 e. The van der Waals surface area contributed by atoms with Gasteiger partial charge in [0.1, 0.15) is 12.1 Å². The van der Waals surface area contributed by atoms with Crippen LogP contribution in [0.1, 0.15) is 0 Å². The molecule has 13 heavy (non-hydrogen) atoms. The maximum Gasteiger partial charge on any atom is 0.131 e. The summed E-state index contributed by atoms with van der Waals surface area (Å²) in [5.74, 6) is 2.47. The number of rotatable bonds is 1. The van der Waals surface area contributed by atoms with Crippen molar-refractivity contribution in [2.24, 2.45) is 17.6 Å². The van der Waals surface area contributed by atoms with Crippen molar-refractivity contribution < 1.29 is 0 Å². The largest absolute Gasteiger partial charge is 0.356 e. The van der Waals surface area contributed by atoms with Crippen molar-refractivity contribution >= 4 is 5.82 Å². The second-order valence-electron chi connectivity index (χ2n) is 3.88. The summed E-state index contributed by atoms with van der Waals surface area (Å²) in [5, 5.41) is 0. The lowest BCUT2D eigenvalue weighted by atomic mass is 10.4. The summed E-state index contributed by atoms with van der Waals surface area (Å²) in [7, 11) is 0. The van der Waals surface area contributed by atoms with Crippen molar-refractivity contribution in [1.29, 1.82) is 0 Å². The lowest BCUT2D eigenvalue weighted by Gasteiger charge is -2.19. The quantitative estimate of drug-likeness (QED) is 0.647. The van der Waals surface area contributed by atoms with Gasteiger partial charge in [-0.25, -0.2) is 9.97 Å². The smallest absolute Gasteiger partial charge is 0.131 e. The Hall–Kier alpha value is -1.16. The minimum absolute atomic E-state index is 0.457. The van der Waals surface area contributed by atoms with Gasteiger partial charge in [-0.15, -0.1) is 0 Å². The highest BCUT2D eigenvalue weighted by atomic mass is 15.2. The Kier molecular flexibility index (Phi) is 1.35. The normalized spacial score (nSPS) is 36.1. The predicted molar refractivity (Wildman–Crippen MR) is 49.2 cm³/mol. The molecule has 68 valence electrons. The zero-order chi connectivity index (χ0) is 8.84. The van der Waals surface area contributed by atoms with E-state index in [-0.39, 0.29) is 0 Å². The van der Waals surface area contributed by atoms with Crippen LogP contribution < -0.4 is 10.6 Å². The van der Waals surface area contributed by atoms with Crippen LogP contribution in [0.15, 0.2) is 18.6 Å². The summed E-state index contributed by atoms with van der Waals surface area (Å²) < 4.78 is 0. The molecule has 1 aromatic rings. The van der Waals surface area contributed by atoms with E-state index in [2.05, 4.69) is 14.9 Å². The SMILES string of the molecule is NC1C2CN(c3ccncn3)CC12. The molecule has 4 nitrogen and oxygen atoms in total. The van der Waals surface area contributed by atoms with Crippen molar-refractivity contribution in [3.05, 3.63) is 18.6 Å². The van der Waals surface area contributed by atoms with Gasteiger partial charge >= 0.3 is 0 Å². The van der Waals surface area contributed by atoms with Crippen LogP contribution in [0, 0.1) is 11.8 Å². The molecule has 0 spiro atoms. The molecule has 0 radical (unpaired) electrons. The molecule has 2 N–H and O–H groups in total. The first-order valence-corrected chi connectivity index (χ1v) is 4.63. The van der Waals surface area contributed by atoms with Crippen LogP contribution >= 0.6 is 0 Å². The van der Waals surface area contributed by atoms with Gasteiger partial charge < -0.3 is 10.6 Å². The third-order valence-corrected chi connectivity index (χ3v) is 3.15. The summed E-state index contributed by atoms with van der Waals surface area (Å²) in [6.07, 6.45) is 3.38. The van der Waals surface area contributed by atoms with Crippen molar-refractivity contribution in [2.75, 3.05) is 18.0 Å². The summed E-state index contributed by atoms with van der Waals surface area (Å²) >= 11 is 0. The predicted octanol–water partition coefficient (Wildman–Crippen LogP) is -0.130. The first-order valence-electron chi connectivity index (χ1n) is 4.63. The van der Waals surface area contributed by atoms with Gasteiger partial charge in [0.25, 0.3) is 0 Å². The van der Waals surface area contributed by atoms with Gasteiger partial charge in [-0.1, -0.05) is 0 Å². The topological polar surface area (TPSA) is 55.0 Å². The highest BCUT2D eigenvalue weighted by Gasteiger charge is 2.53. The first-order chi connectivity index (χ1) is 6.36. The van der Waals surface area contributed by atoms with Crippen LogP contribution in [0.3, 0.4) is 0 Å². The van der Waals surface area contributed by atoms with E-state index in [1.54, 1.807) is 12.5 Å². The third kappa shape index (κ3) is 1.02. The Morgan fingerprint density at radius 3 is 2.77 bits per heavy atom. The highest BCUT2D eigenvalue weighted by molar-refractivity contribution is 5.41. The van der Waals surface area contributed by atoms with Crippen molar-refractivity contribution in [3.63, 3.8) is 0 Å². The second-order valence-corrected chi connectivity index (χ2v) is 3.88. The number of aromatic nitrogens is 2. The minimum atomic E-state index is 0.457. The molecular formula is C9H12N4. The van der Waals surface area contributed by atoms with E-state index in [1.807, 2.05) is 6.07 Å². The maximum atomic E-state index is 5.85. The van der Waals surface area contributed by atoms with Crippen LogP contribution in [-0.2, 0) is 0 Å². The van der Waals surface area contributed by atoms with E-state index < -0.39 is 0 Å². The number of anilines is 1. The van der Waals surface area contributed by atoms with E-state index in [0.29, 0.717) is 6.04 Å². The average Bonchev–Trinajstić information content (AvgIpc) is 2.67. The molecule has 0 bridgehead atoms. The number of nitrogens with two attached hydrogens (primary N) is 1. The number of piperidine rings is 1. The Bertz CT molecular complexity index is 301. The lowest BCUT2D eigenvalue weighted by molar-refractivity contribution is 0.734. The monoisotopic (exact) mass is 176 g/mol. The highest BCUT2D eigenvalue weighted by Crippen LogP contribution is 2.44. The molecule has 1 saturated heterocycles. The lowest BCUT2D eigenvalue weighted by Crippen LogP contribution is -2.28. The molecule has 0 amide bonds. The summed E-state index contributed by atoms with van der Waals surface area (Å²) in [6, 6.07) is 2.41. The summed E-state index contributed by atoms with van der Waals surface area (Å²) in [4.78, 5) is 10.4. The Morgan fingerprint density at radius 2 is 2.15 bits per heavy atom. The molecule has 3 rings (SSSR count). The van der Waals surface area contributed by atoms with E-state index in [1.165, 1.54) is 0 Å². The molecule has 1 aromatic heterocycles. The van der Waals surface area contributed by atoms with Gasteiger partial charge in [-0.2, -0.15) is 0 Å². The third-order valence-electron chi connectivity index (χ3n) is 3.15. The summed E-state index contributed by atoms with van der Waals surface area (Å²) in [6.45, 7) is 2.14. The van der Waals surface area contributed by atoms with E-state index in [4.69, 9.17) is 5.73 Å². The molecule has 1 aliphatic heterocycles. The molecule has 1 aliphatic carbocycles. The van der Waals surface area contributed by atoms with Gasteiger partial charge in [0, 0.05) is 25.3 Å². The second kappa shape index (κ2) is 2.42. The molecule has 1 saturated carbocycles. The molecule has 2 aliphatic rings. The van der Waals surface area contributed by atoms with E-state index in [0.717, 1.165) is 30.7 Å². The van der Waals surface area contributed by atoms with E-state index in [9.17, 15) is 0 Å². The van der Waals surface area contributed by atoms with Crippen LogP contribution in [0.25, 0.3) is 0 Å². The van der Waals surface area contributed by atoms with Crippen LogP contribution in [-0.4, -0.2) is 29.1 Å². The van der Waals surface area contributed by atoms with Gasteiger partial charge in [0.2, 0.25) is 0 Å². The fourth-order valence-corrected chi connectivity index (χ4v) is 2.23. The molecular weight excluding hydrogens is 164 g/mol. The molecule has 2 heterocycles. The van der Waals surface area contributed by atoms with E-state index >= 15 is 0 Å². The Morgan fingerprint density at radius 1 is 1.38 bits per heavy atom. The first kappa shape index (κ1) is 7.26. The fourth-order valence-electron chi connectivity index (χ4n) is 2.23. The van der Waals surface area contributed by atoms with Crippen LogP contribution in [0.4, 0.5) is 5.82 Å². The van der Waals surface area contributed by atoms with Gasteiger partial charge in [0.05, 0.1) is 0 Å². The van der Waals surface area contributed by atoms with Gasteiger partial charge in [0.15, 0.2) is 0 Å².